The number of Topliss-reactive ketones (excluding diaryl/α,β-unsaturated/α-hetero) is 1. The van der Waals surface area contributed by atoms with Gasteiger partial charge in [-0.25, -0.2) is 0 Å². The molecule has 6 nitrogen and oxygen atoms in total. The topological polar surface area (TPSA) is 84.8 Å². The monoisotopic (exact) mass is 311 g/mol. The Labute approximate surface area is 122 Å². The number of thioether (sulfide) groups is 1. The molecule has 0 saturated carbocycles. The number of aryl methyl sites for hydroxylation is 1. The van der Waals surface area contributed by atoms with E-state index in [-0.39, 0.29) is 5.78 Å². The molecule has 0 unspecified atom stereocenters. The van der Waals surface area contributed by atoms with E-state index in [0.29, 0.717) is 23.8 Å². The molecule has 2 heterocycles. The fraction of sp³-hybridized carbons (Fsp3) is 0.333. The zero-order valence-electron chi connectivity index (χ0n) is 10.8. The number of carbonyl (C=O) groups excluding carboxylic acids is 1. The number of rotatable bonds is 6. The van der Waals surface area contributed by atoms with Crippen molar-refractivity contribution in [3.05, 3.63) is 43.1 Å². The quantitative estimate of drug-likeness (QED) is 0.376. The summed E-state index contributed by atoms with van der Waals surface area (Å²) in [5.41, 5.74) is -1.52. The third-order valence-electron chi connectivity index (χ3n) is 2.52. The zero-order chi connectivity index (χ0) is 14.5. The lowest BCUT2D eigenvalue weighted by Crippen LogP contribution is -2.33. The number of aromatic nitrogens is 3. The average Bonchev–Trinajstić information content (AvgIpc) is 2.94. The standard InChI is InChI=1S/C12H13N3O3S2/c1-15-12(13-10(17)11(18)14-15)20-7-2-4-8(16)9-5-3-6-19-9/h3,5-6H,2,4,7H2,1H3,(H,14,18). The van der Waals surface area contributed by atoms with E-state index < -0.39 is 11.1 Å². The second-order valence-corrected chi connectivity index (χ2v) is 6.06. The van der Waals surface area contributed by atoms with Crippen LogP contribution >= 0.6 is 23.1 Å². The van der Waals surface area contributed by atoms with Gasteiger partial charge in [-0.1, -0.05) is 17.8 Å². The first-order chi connectivity index (χ1) is 9.58. The molecule has 0 bridgehead atoms. The van der Waals surface area contributed by atoms with Gasteiger partial charge in [0.15, 0.2) is 10.9 Å². The van der Waals surface area contributed by atoms with Gasteiger partial charge in [-0.3, -0.25) is 24.2 Å². The molecule has 0 aliphatic rings. The molecule has 0 aliphatic carbocycles. The zero-order valence-corrected chi connectivity index (χ0v) is 12.4. The molecule has 2 aromatic rings. The van der Waals surface area contributed by atoms with Crippen LogP contribution in [0.4, 0.5) is 0 Å². The van der Waals surface area contributed by atoms with Crippen molar-refractivity contribution in [1.82, 2.24) is 14.8 Å². The van der Waals surface area contributed by atoms with Gasteiger partial charge >= 0.3 is 11.1 Å². The van der Waals surface area contributed by atoms with Gasteiger partial charge < -0.3 is 0 Å². The van der Waals surface area contributed by atoms with Gasteiger partial charge in [0.1, 0.15) is 0 Å². The highest BCUT2D eigenvalue weighted by molar-refractivity contribution is 7.99. The van der Waals surface area contributed by atoms with Crippen molar-refractivity contribution in [2.45, 2.75) is 18.0 Å². The summed E-state index contributed by atoms with van der Waals surface area (Å²) in [5.74, 6) is 0.785. The molecule has 0 saturated heterocycles. The first kappa shape index (κ1) is 14.7. The Balaban J connectivity index is 1.85. The fourth-order valence-corrected chi connectivity index (χ4v) is 3.10. The molecular weight excluding hydrogens is 298 g/mol. The summed E-state index contributed by atoms with van der Waals surface area (Å²) in [4.78, 5) is 38.4. The van der Waals surface area contributed by atoms with Gasteiger partial charge in [0.25, 0.3) is 0 Å². The summed E-state index contributed by atoms with van der Waals surface area (Å²) < 4.78 is 1.41. The highest BCUT2D eigenvalue weighted by Gasteiger charge is 2.08. The number of thiophene rings is 1. The summed E-state index contributed by atoms with van der Waals surface area (Å²) in [6.07, 6.45) is 1.15. The fourth-order valence-electron chi connectivity index (χ4n) is 1.55. The van der Waals surface area contributed by atoms with Crippen molar-refractivity contribution >= 4 is 28.9 Å². The third kappa shape index (κ3) is 3.67. The van der Waals surface area contributed by atoms with E-state index in [2.05, 4.69) is 10.1 Å². The van der Waals surface area contributed by atoms with E-state index in [4.69, 9.17) is 0 Å². The Morgan fingerprint density at radius 2 is 2.30 bits per heavy atom. The number of aromatic amines is 1. The number of H-pyrrole nitrogens is 1. The summed E-state index contributed by atoms with van der Waals surface area (Å²) in [6.45, 7) is 0. The predicted octanol–water partition coefficient (Wildman–Crippen LogP) is 1.29. The van der Waals surface area contributed by atoms with Crippen molar-refractivity contribution in [1.29, 1.82) is 0 Å². The van der Waals surface area contributed by atoms with Crippen LogP contribution in [0.5, 0.6) is 0 Å². The largest absolute Gasteiger partial charge is 0.339 e. The van der Waals surface area contributed by atoms with Gasteiger partial charge in [-0.05, 0) is 17.9 Å². The van der Waals surface area contributed by atoms with Crippen molar-refractivity contribution in [2.75, 3.05) is 5.75 Å². The number of nitrogens with one attached hydrogen (secondary N) is 1. The van der Waals surface area contributed by atoms with Gasteiger partial charge in [0, 0.05) is 19.2 Å². The Hall–Kier alpha value is -1.67. The molecular formula is C12H13N3O3S2. The maximum Gasteiger partial charge on any atom is 0.339 e. The minimum atomic E-state index is -0.791. The Morgan fingerprint density at radius 1 is 1.50 bits per heavy atom. The number of nitrogens with zero attached hydrogens (tertiary/aromatic N) is 2. The van der Waals surface area contributed by atoms with Crippen molar-refractivity contribution < 1.29 is 4.79 Å². The maximum absolute atomic E-state index is 11.8. The van der Waals surface area contributed by atoms with E-state index in [0.717, 1.165) is 4.88 Å². The number of hydrogen-bond acceptors (Lipinski definition) is 6. The van der Waals surface area contributed by atoms with Gasteiger partial charge in [-0.2, -0.15) is 4.98 Å². The second kappa shape index (κ2) is 6.67. The van der Waals surface area contributed by atoms with Crippen LogP contribution in [0.1, 0.15) is 22.5 Å². The molecule has 0 aromatic carbocycles. The predicted molar refractivity (Wildman–Crippen MR) is 78.7 cm³/mol. The van der Waals surface area contributed by atoms with Crippen LogP contribution in [-0.4, -0.2) is 26.3 Å². The van der Waals surface area contributed by atoms with E-state index in [1.54, 1.807) is 7.05 Å². The minimum absolute atomic E-state index is 0.129. The number of ketones is 1. The molecule has 20 heavy (non-hydrogen) atoms. The summed E-state index contributed by atoms with van der Waals surface area (Å²) in [5, 5.41) is 4.70. The van der Waals surface area contributed by atoms with Crippen LogP contribution in [-0.2, 0) is 7.05 Å². The van der Waals surface area contributed by atoms with E-state index in [1.165, 1.54) is 27.8 Å². The van der Waals surface area contributed by atoms with Crippen LogP contribution in [0.25, 0.3) is 0 Å². The van der Waals surface area contributed by atoms with Crippen LogP contribution < -0.4 is 11.1 Å². The minimum Gasteiger partial charge on any atom is -0.293 e. The van der Waals surface area contributed by atoms with Crippen molar-refractivity contribution in [3.8, 4) is 0 Å². The Morgan fingerprint density at radius 3 is 3.00 bits per heavy atom. The van der Waals surface area contributed by atoms with E-state index in [1.807, 2.05) is 17.5 Å². The lowest BCUT2D eigenvalue weighted by atomic mass is 10.2. The lowest BCUT2D eigenvalue weighted by molar-refractivity contribution is 0.0986. The van der Waals surface area contributed by atoms with Gasteiger partial charge in [0.2, 0.25) is 0 Å². The molecule has 0 radical (unpaired) electrons. The number of hydrogen-bond donors (Lipinski definition) is 1. The van der Waals surface area contributed by atoms with Crippen LogP contribution in [0.3, 0.4) is 0 Å². The maximum atomic E-state index is 11.8. The third-order valence-corrected chi connectivity index (χ3v) is 4.55. The molecule has 0 amide bonds. The van der Waals surface area contributed by atoms with E-state index in [9.17, 15) is 14.4 Å². The smallest absolute Gasteiger partial charge is 0.293 e. The second-order valence-electron chi connectivity index (χ2n) is 4.05. The summed E-state index contributed by atoms with van der Waals surface area (Å²) in [7, 11) is 1.62. The number of carbonyl (C=O) groups is 1. The molecule has 2 aromatic heterocycles. The first-order valence-corrected chi connectivity index (χ1v) is 7.81. The summed E-state index contributed by atoms with van der Waals surface area (Å²) in [6, 6.07) is 3.67. The van der Waals surface area contributed by atoms with Gasteiger partial charge in [0.05, 0.1) is 4.88 Å². The highest BCUT2D eigenvalue weighted by Crippen LogP contribution is 2.16. The SMILES string of the molecule is Cn1[nH]c(=O)c(=O)nc1SCCCC(=O)c1cccs1. The van der Waals surface area contributed by atoms with Crippen molar-refractivity contribution in [2.24, 2.45) is 7.05 Å². The average molecular weight is 311 g/mol. The van der Waals surface area contributed by atoms with Crippen LogP contribution in [0, 0.1) is 0 Å². The lowest BCUT2D eigenvalue weighted by Gasteiger charge is -2.05. The van der Waals surface area contributed by atoms with Crippen molar-refractivity contribution in [3.63, 3.8) is 0 Å². The molecule has 1 N–H and O–H groups in total. The molecule has 0 atom stereocenters. The Bertz CT molecular complexity index is 703. The summed E-state index contributed by atoms with van der Waals surface area (Å²) >= 11 is 2.78. The normalized spacial score (nSPS) is 10.7. The van der Waals surface area contributed by atoms with E-state index >= 15 is 0 Å². The van der Waals surface area contributed by atoms with Gasteiger partial charge in [-0.15, -0.1) is 11.3 Å². The molecule has 2 rings (SSSR count). The highest BCUT2D eigenvalue weighted by atomic mass is 32.2. The molecule has 0 fully saturated rings. The van der Waals surface area contributed by atoms with Crippen LogP contribution in [0.2, 0.25) is 0 Å². The molecule has 0 spiro atoms. The molecule has 0 aliphatic heterocycles. The first-order valence-electron chi connectivity index (χ1n) is 5.95. The Kier molecular flexibility index (Phi) is 4.91. The molecule has 8 heteroatoms. The van der Waals surface area contributed by atoms with Crippen LogP contribution in [0.15, 0.2) is 32.3 Å². The molecule has 106 valence electrons.